The Labute approximate surface area is 230 Å². The summed E-state index contributed by atoms with van der Waals surface area (Å²) in [4.78, 5) is 43.1. The molecule has 0 radical (unpaired) electrons. The van der Waals surface area contributed by atoms with Crippen molar-refractivity contribution in [2.24, 2.45) is 23.7 Å². The molecular formula is C32H50N2O4. The maximum absolute atomic E-state index is 10.9. The largest absolute Gasteiger partial charge is 0.388 e. The van der Waals surface area contributed by atoms with Crippen LogP contribution in [0, 0.1) is 23.7 Å². The average molecular weight is 527 g/mol. The molecule has 4 rings (SSSR count). The first-order chi connectivity index (χ1) is 17.8. The molecule has 212 valence electrons. The molecular weight excluding hydrogens is 476 g/mol. The Morgan fingerprint density at radius 1 is 0.500 bits per heavy atom. The quantitative estimate of drug-likeness (QED) is 0.464. The van der Waals surface area contributed by atoms with Gasteiger partial charge in [0.15, 0.2) is 23.1 Å². The maximum Gasteiger partial charge on any atom is 0.176 e. The van der Waals surface area contributed by atoms with Gasteiger partial charge in [0, 0.05) is 49.4 Å². The number of hydrogen-bond donors (Lipinski definition) is 2. The molecule has 4 aliphatic rings. The fourth-order valence-electron chi connectivity index (χ4n) is 4.18. The van der Waals surface area contributed by atoms with Crippen LogP contribution in [0.5, 0.6) is 0 Å². The predicted octanol–water partition coefficient (Wildman–Crippen LogP) is 6.04. The van der Waals surface area contributed by atoms with Gasteiger partial charge in [-0.1, -0.05) is 66.5 Å². The van der Waals surface area contributed by atoms with Crippen molar-refractivity contribution in [3.8, 4) is 0 Å². The number of hydrogen-bond acceptors (Lipinski definition) is 6. The highest BCUT2D eigenvalue weighted by Crippen LogP contribution is 2.22. The molecule has 0 atom stereocenters. The van der Waals surface area contributed by atoms with Crippen LogP contribution < -0.4 is 10.6 Å². The molecule has 6 nitrogen and oxygen atoms in total. The molecule has 6 heteroatoms. The highest BCUT2D eigenvalue weighted by molar-refractivity contribution is 5.94. The van der Waals surface area contributed by atoms with E-state index in [0.29, 0.717) is 48.2 Å². The normalized spacial score (nSPS) is 18.8. The van der Waals surface area contributed by atoms with E-state index in [1.807, 2.05) is 6.08 Å². The van der Waals surface area contributed by atoms with Crippen LogP contribution in [0.3, 0.4) is 0 Å². The van der Waals surface area contributed by atoms with Gasteiger partial charge >= 0.3 is 0 Å². The van der Waals surface area contributed by atoms with Crippen molar-refractivity contribution in [2.75, 3.05) is 13.1 Å². The first-order valence-corrected chi connectivity index (χ1v) is 14.2. The Morgan fingerprint density at radius 3 is 1.26 bits per heavy atom. The second-order valence-electron chi connectivity index (χ2n) is 11.5. The number of ketones is 4. The number of carbonyl (C=O) groups excluding carboxylic acids is 4. The smallest absolute Gasteiger partial charge is 0.176 e. The summed E-state index contributed by atoms with van der Waals surface area (Å²) < 4.78 is 0. The summed E-state index contributed by atoms with van der Waals surface area (Å²) in [6.45, 7) is 18.1. The summed E-state index contributed by atoms with van der Waals surface area (Å²) in [5, 5.41) is 6.21. The van der Waals surface area contributed by atoms with Crippen molar-refractivity contribution in [2.45, 2.75) is 93.9 Å². The van der Waals surface area contributed by atoms with Gasteiger partial charge in [-0.2, -0.15) is 0 Å². The molecule has 0 aromatic heterocycles. The van der Waals surface area contributed by atoms with Crippen LogP contribution >= 0.6 is 0 Å². The molecule has 0 fully saturated rings. The third kappa shape index (κ3) is 13.2. The van der Waals surface area contributed by atoms with Gasteiger partial charge in [-0.05, 0) is 55.1 Å². The Balaban J connectivity index is 0.000000254. The molecule has 0 saturated heterocycles. The van der Waals surface area contributed by atoms with Gasteiger partial charge in [0.1, 0.15) is 0 Å². The van der Waals surface area contributed by atoms with E-state index >= 15 is 0 Å². The van der Waals surface area contributed by atoms with Crippen LogP contribution in [-0.2, 0) is 19.2 Å². The van der Waals surface area contributed by atoms with Gasteiger partial charge in [-0.15, -0.1) is 0 Å². The van der Waals surface area contributed by atoms with Crippen LogP contribution in [0.15, 0.2) is 46.8 Å². The maximum atomic E-state index is 10.9. The van der Waals surface area contributed by atoms with Gasteiger partial charge < -0.3 is 10.6 Å². The lowest BCUT2D eigenvalue weighted by Gasteiger charge is -2.17. The van der Waals surface area contributed by atoms with Crippen molar-refractivity contribution >= 4 is 23.1 Å². The number of carbonyl (C=O) groups is 4. The molecule has 0 amide bonds. The third-order valence-electron chi connectivity index (χ3n) is 6.77. The Kier molecular flexibility index (Phi) is 14.8. The van der Waals surface area contributed by atoms with Gasteiger partial charge in [0.05, 0.1) is 6.54 Å². The van der Waals surface area contributed by atoms with Crippen molar-refractivity contribution in [3.05, 3.63) is 46.8 Å². The number of rotatable bonds is 4. The summed E-state index contributed by atoms with van der Waals surface area (Å²) in [7, 11) is 0. The zero-order valence-corrected chi connectivity index (χ0v) is 24.9. The predicted molar refractivity (Wildman–Crippen MR) is 155 cm³/mol. The molecule has 2 aliphatic heterocycles. The summed E-state index contributed by atoms with van der Waals surface area (Å²) >= 11 is 0. The molecule has 2 heterocycles. The van der Waals surface area contributed by atoms with E-state index in [1.165, 1.54) is 11.1 Å². The molecule has 38 heavy (non-hydrogen) atoms. The van der Waals surface area contributed by atoms with Gasteiger partial charge in [-0.3, -0.25) is 19.2 Å². The highest BCUT2D eigenvalue weighted by atomic mass is 16.1. The SMILES string of the molecule is CC(C)C1=CC(=O)CC1.CC(C)C1=CC(=O)CCC1.CC(C)C1=CC(=O)CCN1.CC(C)C1=CC(=O)CN1. The Morgan fingerprint density at radius 2 is 0.974 bits per heavy atom. The molecule has 0 bridgehead atoms. The van der Waals surface area contributed by atoms with Crippen molar-refractivity contribution < 1.29 is 19.2 Å². The fraction of sp³-hybridized carbons (Fsp3) is 0.625. The topological polar surface area (TPSA) is 92.3 Å². The molecule has 0 spiro atoms. The fourth-order valence-corrected chi connectivity index (χ4v) is 4.18. The summed E-state index contributed by atoms with van der Waals surface area (Å²) in [5.41, 5.74) is 4.80. The van der Waals surface area contributed by atoms with E-state index in [9.17, 15) is 19.2 Å². The van der Waals surface area contributed by atoms with Crippen LogP contribution in [0.25, 0.3) is 0 Å². The van der Waals surface area contributed by atoms with Crippen LogP contribution in [0.4, 0.5) is 0 Å². The second kappa shape index (κ2) is 17.0. The molecule has 2 N–H and O–H groups in total. The summed E-state index contributed by atoms with van der Waals surface area (Å²) in [5.74, 6) is 3.09. The highest BCUT2D eigenvalue weighted by Gasteiger charge is 2.14. The average Bonchev–Trinajstić information content (AvgIpc) is 3.49. The zero-order chi connectivity index (χ0) is 28.8. The second-order valence-corrected chi connectivity index (χ2v) is 11.5. The minimum atomic E-state index is 0.193. The van der Waals surface area contributed by atoms with Crippen molar-refractivity contribution in [1.82, 2.24) is 10.6 Å². The Bertz CT molecular complexity index is 884. The van der Waals surface area contributed by atoms with E-state index in [-0.39, 0.29) is 11.6 Å². The van der Waals surface area contributed by atoms with E-state index in [2.05, 4.69) is 66.0 Å². The van der Waals surface area contributed by atoms with Crippen LogP contribution in [0.2, 0.25) is 0 Å². The molecule has 0 saturated carbocycles. The zero-order valence-electron chi connectivity index (χ0n) is 24.9. The molecule has 0 aromatic carbocycles. The third-order valence-corrected chi connectivity index (χ3v) is 6.77. The molecule has 0 aromatic rings. The molecule has 2 aliphatic carbocycles. The lowest BCUT2D eigenvalue weighted by atomic mass is 9.91. The standard InChI is InChI=1S/C9H14O.C8H13NO.C8H12O.C7H11NO/c1-7(2)8-4-3-5-9(10)6-8;1-6(2)8-5-7(10)3-4-9-8;1-6(2)7-3-4-8(9)5-7;1-5(2)7-3-6(9)4-8-7/h6-7H,3-5H2,1-2H3;5-6,9H,3-4H2,1-2H3;5-6H,3-4H2,1-2H3;3,5,8H,4H2,1-2H3. The minimum absolute atomic E-state index is 0.193. The van der Waals surface area contributed by atoms with E-state index in [0.717, 1.165) is 50.0 Å². The van der Waals surface area contributed by atoms with Gasteiger partial charge in [-0.25, -0.2) is 0 Å². The number of allylic oxidation sites excluding steroid dienone is 7. The van der Waals surface area contributed by atoms with Crippen molar-refractivity contribution in [1.29, 1.82) is 0 Å². The van der Waals surface area contributed by atoms with E-state index in [1.54, 1.807) is 18.2 Å². The first kappa shape index (κ1) is 33.3. The van der Waals surface area contributed by atoms with Crippen molar-refractivity contribution in [3.63, 3.8) is 0 Å². The lowest BCUT2D eigenvalue weighted by molar-refractivity contribution is -0.115. The number of nitrogens with one attached hydrogen (secondary N) is 2. The summed E-state index contributed by atoms with van der Waals surface area (Å²) in [6, 6.07) is 0. The Hall–Kier alpha value is -2.76. The lowest BCUT2D eigenvalue weighted by Crippen LogP contribution is -2.26. The van der Waals surface area contributed by atoms with E-state index in [4.69, 9.17) is 0 Å². The van der Waals surface area contributed by atoms with Crippen LogP contribution in [-0.4, -0.2) is 36.2 Å². The van der Waals surface area contributed by atoms with E-state index < -0.39 is 0 Å². The molecule has 0 unspecified atom stereocenters. The van der Waals surface area contributed by atoms with Gasteiger partial charge in [0.25, 0.3) is 0 Å². The summed E-state index contributed by atoms with van der Waals surface area (Å²) in [6.07, 6.45) is 12.4. The van der Waals surface area contributed by atoms with Gasteiger partial charge in [0.2, 0.25) is 0 Å². The first-order valence-electron chi connectivity index (χ1n) is 14.2. The van der Waals surface area contributed by atoms with Crippen LogP contribution in [0.1, 0.15) is 93.9 Å². The minimum Gasteiger partial charge on any atom is -0.388 e. The monoisotopic (exact) mass is 526 g/mol.